The van der Waals surface area contributed by atoms with Crippen LogP contribution in [0.3, 0.4) is 0 Å². The van der Waals surface area contributed by atoms with Gasteiger partial charge in [0.1, 0.15) is 11.0 Å². The van der Waals surface area contributed by atoms with E-state index in [0.29, 0.717) is 26.3 Å². The molecule has 2 rings (SSSR count). The molecule has 1 fully saturated rings. The van der Waals surface area contributed by atoms with E-state index in [0.717, 1.165) is 0 Å². The summed E-state index contributed by atoms with van der Waals surface area (Å²) in [5.74, 6) is -1.18. The van der Waals surface area contributed by atoms with Crippen LogP contribution < -0.4 is 0 Å². The molecule has 1 aromatic rings. The van der Waals surface area contributed by atoms with E-state index in [2.05, 4.69) is 0 Å². The lowest BCUT2D eigenvalue weighted by Crippen LogP contribution is -2.37. The van der Waals surface area contributed by atoms with Gasteiger partial charge in [-0.1, -0.05) is 23.2 Å². The largest absolute Gasteiger partial charge is 0.478 e. The van der Waals surface area contributed by atoms with Gasteiger partial charge in [0.25, 0.3) is 0 Å². The van der Waals surface area contributed by atoms with Crippen LogP contribution >= 0.6 is 23.2 Å². The number of rotatable bonds is 3. The molecule has 5 nitrogen and oxygen atoms in total. The first-order valence-electron chi connectivity index (χ1n) is 5.47. The Balaban J connectivity index is 2.35. The first-order valence-corrected chi connectivity index (χ1v) is 7.34. The SMILES string of the molecule is O=C(O)c1cc(S(=O)N2CCOCC2)c(Cl)cc1Cl. The Bertz CT molecular complexity index is 532. The highest BCUT2D eigenvalue weighted by atomic mass is 35.5. The van der Waals surface area contributed by atoms with Crippen LogP contribution in [0.1, 0.15) is 10.4 Å². The topological polar surface area (TPSA) is 66.8 Å². The van der Waals surface area contributed by atoms with Gasteiger partial charge >= 0.3 is 5.97 Å². The number of ether oxygens (including phenoxy) is 1. The predicted octanol–water partition coefficient (Wildman–Crippen LogP) is 2.05. The van der Waals surface area contributed by atoms with Crippen LogP contribution in [-0.4, -0.2) is 45.9 Å². The summed E-state index contributed by atoms with van der Waals surface area (Å²) in [4.78, 5) is 11.3. The maximum absolute atomic E-state index is 12.4. The van der Waals surface area contributed by atoms with Gasteiger partial charge in [-0.15, -0.1) is 0 Å². The lowest BCUT2D eigenvalue weighted by atomic mass is 10.2. The Labute approximate surface area is 122 Å². The summed E-state index contributed by atoms with van der Waals surface area (Å²) in [5, 5.41) is 9.24. The molecule has 104 valence electrons. The second kappa shape index (κ2) is 6.19. The highest BCUT2D eigenvalue weighted by Gasteiger charge is 2.23. The molecule has 1 saturated heterocycles. The number of carbonyl (C=O) groups is 1. The highest BCUT2D eigenvalue weighted by molar-refractivity contribution is 7.82. The molecule has 1 atom stereocenters. The summed E-state index contributed by atoms with van der Waals surface area (Å²) < 4.78 is 19.2. The maximum Gasteiger partial charge on any atom is 0.337 e. The highest BCUT2D eigenvalue weighted by Crippen LogP contribution is 2.29. The summed E-state index contributed by atoms with van der Waals surface area (Å²) >= 11 is 11.8. The van der Waals surface area contributed by atoms with Crippen LogP contribution in [0.15, 0.2) is 17.0 Å². The molecule has 0 spiro atoms. The Morgan fingerprint density at radius 2 is 1.89 bits per heavy atom. The number of halogens is 2. The molecule has 0 aromatic heterocycles. The molecule has 8 heteroatoms. The molecule has 1 aromatic carbocycles. The minimum Gasteiger partial charge on any atom is -0.478 e. The van der Waals surface area contributed by atoms with Crippen molar-refractivity contribution in [2.45, 2.75) is 4.90 Å². The van der Waals surface area contributed by atoms with Gasteiger partial charge < -0.3 is 9.84 Å². The summed E-state index contributed by atoms with van der Waals surface area (Å²) in [7, 11) is -1.52. The molecule has 0 radical (unpaired) electrons. The number of carboxylic acids is 1. The zero-order valence-electron chi connectivity index (χ0n) is 9.77. The van der Waals surface area contributed by atoms with Crippen molar-refractivity contribution >= 4 is 40.2 Å². The van der Waals surface area contributed by atoms with Crippen molar-refractivity contribution in [3.63, 3.8) is 0 Å². The van der Waals surface area contributed by atoms with Gasteiger partial charge in [0.2, 0.25) is 0 Å². The number of nitrogens with zero attached hydrogens (tertiary/aromatic N) is 1. The lowest BCUT2D eigenvalue weighted by Gasteiger charge is -2.25. The monoisotopic (exact) mass is 323 g/mol. The average molecular weight is 324 g/mol. The fraction of sp³-hybridized carbons (Fsp3) is 0.364. The molecule has 1 unspecified atom stereocenters. The van der Waals surface area contributed by atoms with Crippen LogP contribution in [0.4, 0.5) is 0 Å². The molecular weight excluding hydrogens is 313 g/mol. The Hall–Kier alpha value is -0.660. The second-order valence-electron chi connectivity index (χ2n) is 3.86. The number of aromatic carboxylic acids is 1. The Morgan fingerprint density at radius 3 is 2.47 bits per heavy atom. The van der Waals surface area contributed by atoms with Crippen molar-refractivity contribution in [2.75, 3.05) is 26.3 Å². The molecule has 0 aliphatic carbocycles. The van der Waals surface area contributed by atoms with Crippen LogP contribution in [0.25, 0.3) is 0 Å². The van der Waals surface area contributed by atoms with Gasteiger partial charge in [-0.3, -0.25) is 0 Å². The standard InChI is InChI=1S/C11H11Cl2NO4S/c12-8-6-9(13)10(5-7(8)11(15)16)19(17)14-1-3-18-4-2-14/h5-6H,1-4H2,(H,15,16). The van der Waals surface area contributed by atoms with Crippen molar-refractivity contribution < 1.29 is 18.8 Å². The number of hydrogen-bond acceptors (Lipinski definition) is 3. The van der Waals surface area contributed by atoms with E-state index < -0.39 is 17.0 Å². The van der Waals surface area contributed by atoms with Gasteiger partial charge in [-0.05, 0) is 12.1 Å². The Kier molecular flexibility index (Phi) is 4.81. The quantitative estimate of drug-likeness (QED) is 0.924. The first-order chi connectivity index (χ1) is 9.00. The first kappa shape index (κ1) is 14.7. The molecule has 1 N–H and O–H groups in total. The summed E-state index contributed by atoms with van der Waals surface area (Å²) in [6.45, 7) is 1.99. The maximum atomic E-state index is 12.4. The van der Waals surface area contributed by atoms with Gasteiger partial charge in [-0.2, -0.15) is 0 Å². The van der Waals surface area contributed by atoms with Crippen LogP contribution in [-0.2, 0) is 15.7 Å². The van der Waals surface area contributed by atoms with E-state index >= 15 is 0 Å². The van der Waals surface area contributed by atoms with E-state index in [-0.39, 0.29) is 20.5 Å². The van der Waals surface area contributed by atoms with E-state index in [1.807, 2.05) is 0 Å². The molecular formula is C11H11Cl2NO4S. The predicted molar refractivity (Wildman–Crippen MR) is 72.2 cm³/mol. The zero-order valence-corrected chi connectivity index (χ0v) is 12.1. The summed E-state index contributed by atoms with van der Waals surface area (Å²) in [5.41, 5.74) is -0.109. The molecule has 1 aliphatic rings. The van der Waals surface area contributed by atoms with Crippen molar-refractivity contribution in [3.05, 3.63) is 27.7 Å². The van der Waals surface area contributed by atoms with Crippen molar-refractivity contribution in [1.29, 1.82) is 0 Å². The minimum absolute atomic E-state index is 0.0280. The summed E-state index contributed by atoms with van der Waals surface area (Å²) in [6.07, 6.45) is 0. The third kappa shape index (κ3) is 3.27. The van der Waals surface area contributed by atoms with Crippen molar-refractivity contribution in [1.82, 2.24) is 4.31 Å². The third-order valence-corrected chi connectivity index (χ3v) is 4.93. The average Bonchev–Trinajstić information content (AvgIpc) is 2.38. The molecule has 0 bridgehead atoms. The fourth-order valence-electron chi connectivity index (χ4n) is 1.68. The molecule has 1 heterocycles. The molecule has 0 amide bonds. The number of benzene rings is 1. The number of morpholine rings is 1. The molecule has 1 aliphatic heterocycles. The smallest absolute Gasteiger partial charge is 0.337 e. The number of carboxylic acid groups (broad SMARTS) is 1. The van der Waals surface area contributed by atoms with Gasteiger partial charge in [0.15, 0.2) is 0 Å². The Morgan fingerprint density at radius 1 is 1.26 bits per heavy atom. The molecule has 0 saturated carbocycles. The van der Waals surface area contributed by atoms with E-state index in [1.54, 1.807) is 4.31 Å². The van der Waals surface area contributed by atoms with Gasteiger partial charge in [0, 0.05) is 13.1 Å². The fourth-order valence-corrected chi connectivity index (χ4v) is 3.54. The summed E-state index contributed by atoms with van der Waals surface area (Å²) in [6, 6.07) is 2.57. The van der Waals surface area contributed by atoms with E-state index in [1.165, 1.54) is 12.1 Å². The van der Waals surface area contributed by atoms with Crippen LogP contribution in [0.5, 0.6) is 0 Å². The van der Waals surface area contributed by atoms with Crippen LogP contribution in [0, 0.1) is 0 Å². The lowest BCUT2D eigenvalue weighted by molar-refractivity contribution is 0.0696. The molecule has 19 heavy (non-hydrogen) atoms. The van der Waals surface area contributed by atoms with Gasteiger partial charge in [-0.25, -0.2) is 13.3 Å². The second-order valence-corrected chi connectivity index (χ2v) is 6.13. The van der Waals surface area contributed by atoms with E-state index in [4.69, 9.17) is 33.0 Å². The normalized spacial score (nSPS) is 18.2. The minimum atomic E-state index is -1.52. The van der Waals surface area contributed by atoms with Gasteiger partial charge in [0.05, 0.1) is 33.7 Å². The zero-order chi connectivity index (χ0) is 14.0. The van der Waals surface area contributed by atoms with Crippen molar-refractivity contribution in [2.24, 2.45) is 0 Å². The van der Waals surface area contributed by atoms with Crippen LogP contribution in [0.2, 0.25) is 10.0 Å². The van der Waals surface area contributed by atoms with E-state index in [9.17, 15) is 9.00 Å². The third-order valence-electron chi connectivity index (χ3n) is 2.64. The van der Waals surface area contributed by atoms with Crippen molar-refractivity contribution in [3.8, 4) is 0 Å². The number of hydrogen-bond donors (Lipinski definition) is 1.